The number of hydrogen-bond acceptors (Lipinski definition) is 2. The van der Waals surface area contributed by atoms with Gasteiger partial charge in [0, 0.05) is 28.1 Å². The molecule has 0 atom stereocenters. The lowest BCUT2D eigenvalue weighted by atomic mass is 9.95. The maximum Gasteiger partial charge on any atom is 0.255 e. The van der Waals surface area contributed by atoms with E-state index in [0.29, 0.717) is 34.7 Å². The molecule has 3 aromatic carbocycles. The highest BCUT2D eigenvalue weighted by Gasteiger charge is 2.27. The smallest absolute Gasteiger partial charge is 0.255 e. The molecule has 4 heteroatoms. The fourth-order valence-electron chi connectivity index (χ4n) is 3.41. The van der Waals surface area contributed by atoms with Gasteiger partial charge in [0.05, 0.1) is 5.69 Å². The topological polar surface area (TPSA) is 46.2 Å². The first-order chi connectivity index (χ1) is 12.6. The van der Waals surface area contributed by atoms with Gasteiger partial charge in [-0.15, -0.1) is 0 Å². The molecule has 0 aromatic heterocycles. The van der Waals surface area contributed by atoms with E-state index in [2.05, 4.69) is 5.32 Å². The van der Waals surface area contributed by atoms with Crippen molar-refractivity contribution in [3.63, 3.8) is 0 Å². The molecule has 1 aliphatic carbocycles. The molecule has 1 aliphatic rings. The third kappa shape index (κ3) is 2.91. The van der Waals surface area contributed by atoms with E-state index in [1.807, 2.05) is 48.5 Å². The lowest BCUT2D eigenvalue weighted by molar-refractivity contribution is 0.0995. The van der Waals surface area contributed by atoms with E-state index in [1.165, 1.54) is 0 Å². The summed E-state index contributed by atoms with van der Waals surface area (Å²) in [4.78, 5) is 25.0. The summed E-state index contributed by atoms with van der Waals surface area (Å²) < 4.78 is 0. The summed E-state index contributed by atoms with van der Waals surface area (Å²) in [6.07, 6.45) is 1.11. The zero-order valence-corrected chi connectivity index (χ0v) is 14.7. The van der Waals surface area contributed by atoms with Crippen molar-refractivity contribution >= 4 is 29.0 Å². The number of benzene rings is 3. The van der Waals surface area contributed by atoms with Crippen LogP contribution in [0, 0.1) is 0 Å². The molecule has 0 radical (unpaired) electrons. The average molecular weight is 362 g/mol. The maximum absolute atomic E-state index is 12.5. The van der Waals surface area contributed by atoms with E-state index in [1.54, 1.807) is 18.2 Å². The minimum atomic E-state index is -0.224. The Morgan fingerprint density at radius 2 is 1.58 bits per heavy atom. The van der Waals surface area contributed by atoms with Crippen LogP contribution in [0.15, 0.2) is 66.7 Å². The molecule has 0 spiro atoms. The number of anilines is 1. The molecule has 0 saturated heterocycles. The molecule has 1 amide bonds. The van der Waals surface area contributed by atoms with Gasteiger partial charge in [0.1, 0.15) is 0 Å². The number of fused-ring (bicyclic) bond motifs is 1. The Bertz CT molecular complexity index is 1010. The highest BCUT2D eigenvalue weighted by atomic mass is 35.5. The Labute approximate surface area is 156 Å². The van der Waals surface area contributed by atoms with E-state index in [9.17, 15) is 9.59 Å². The number of rotatable bonds is 3. The fraction of sp³-hybridized carbons (Fsp3) is 0.0909. The molecule has 3 aromatic rings. The number of amides is 1. The maximum atomic E-state index is 12.5. The van der Waals surface area contributed by atoms with Gasteiger partial charge in [-0.05, 0) is 41.8 Å². The second-order valence-corrected chi connectivity index (χ2v) is 6.64. The van der Waals surface area contributed by atoms with Gasteiger partial charge in [-0.1, -0.05) is 54.1 Å². The van der Waals surface area contributed by atoms with Crippen molar-refractivity contribution in [1.82, 2.24) is 0 Å². The third-order valence-corrected chi connectivity index (χ3v) is 4.97. The molecular formula is C22H16ClNO2. The summed E-state index contributed by atoms with van der Waals surface area (Å²) >= 11 is 6.35. The first-order valence-electron chi connectivity index (χ1n) is 8.45. The van der Waals surface area contributed by atoms with Crippen molar-refractivity contribution in [3.8, 4) is 11.1 Å². The van der Waals surface area contributed by atoms with Gasteiger partial charge in [-0.3, -0.25) is 9.59 Å². The zero-order valence-electron chi connectivity index (χ0n) is 14.0. The molecule has 128 valence electrons. The summed E-state index contributed by atoms with van der Waals surface area (Å²) in [5, 5.41) is 3.54. The van der Waals surface area contributed by atoms with Crippen LogP contribution in [0.4, 0.5) is 5.69 Å². The average Bonchev–Trinajstić information content (AvgIpc) is 3.06. The number of Topliss-reactive ketones (excluding diaryl/α,β-unsaturated/α-hetero) is 1. The van der Waals surface area contributed by atoms with E-state index in [-0.39, 0.29) is 11.7 Å². The number of ketones is 1. The molecule has 0 fully saturated rings. The van der Waals surface area contributed by atoms with Gasteiger partial charge in [-0.2, -0.15) is 0 Å². The Morgan fingerprint density at radius 1 is 0.846 bits per heavy atom. The second-order valence-electron chi connectivity index (χ2n) is 6.24. The SMILES string of the molecule is O=C(Nc1ccc(-c2ccccc2Cl)c2c1C(=O)CC2)c1ccccc1. The van der Waals surface area contributed by atoms with E-state index >= 15 is 0 Å². The normalized spacial score (nSPS) is 12.7. The Kier molecular flexibility index (Phi) is 4.31. The van der Waals surface area contributed by atoms with E-state index < -0.39 is 0 Å². The van der Waals surface area contributed by atoms with Gasteiger partial charge in [0.15, 0.2) is 5.78 Å². The summed E-state index contributed by atoms with van der Waals surface area (Å²) in [6.45, 7) is 0. The largest absolute Gasteiger partial charge is 0.321 e. The predicted molar refractivity (Wildman–Crippen MR) is 104 cm³/mol. The number of halogens is 1. The molecule has 0 bridgehead atoms. The molecular weight excluding hydrogens is 346 g/mol. The molecule has 3 nitrogen and oxygen atoms in total. The number of hydrogen-bond donors (Lipinski definition) is 1. The minimum absolute atomic E-state index is 0.0530. The molecule has 0 heterocycles. The van der Waals surface area contributed by atoms with Crippen LogP contribution >= 0.6 is 11.6 Å². The van der Waals surface area contributed by atoms with Crippen LogP contribution in [0.25, 0.3) is 11.1 Å². The van der Waals surface area contributed by atoms with Gasteiger partial charge in [-0.25, -0.2) is 0 Å². The van der Waals surface area contributed by atoms with E-state index in [0.717, 1.165) is 16.7 Å². The zero-order chi connectivity index (χ0) is 18.1. The first kappa shape index (κ1) is 16.6. The Morgan fingerprint density at radius 3 is 2.35 bits per heavy atom. The molecule has 4 rings (SSSR count). The molecule has 0 saturated carbocycles. The van der Waals surface area contributed by atoms with Crippen molar-refractivity contribution in [2.75, 3.05) is 5.32 Å². The van der Waals surface area contributed by atoms with Gasteiger partial charge in [0.2, 0.25) is 0 Å². The van der Waals surface area contributed by atoms with Gasteiger partial charge in [0.25, 0.3) is 5.91 Å². The molecule has 0 unspecified atom stereocenters. The van der Waals surface area contributed by atoms with Crippen LogP contribution in [-0.4, -0.2) is 11.7 Å². The molecule has 26 heavy (non-hydrogen) atoms. The van der Waals surface area contributed by atoms with Crippen LogP contribution in [0.5, 0.6) is 0 Å². The second kappa shape index (κ2) is 6.77. The van der Waals surface area contributed by atoms with Crippen molar-refractivity contribution < 1.29 is 9.59 Å². The highest BCUT2D eigenvalue weighted by Crippen LogP contribution is 2.39. The lowest BCUT2D eigenvalue weighted by Crippen LogP contribution is -2.14. The monoisotopic (exact) mass is 361 g/mol. The van der Waals surface area contributed by atoms with Gasteiger partial charge >= 0.3 is 0 Å². The van der Waals surface area contributed by atoms with Crippen molar-refractivity contribution in [3.05, 3.63) is 88.4 Å². The lowest BCUT2D eigenvalue weighted by Gasteiger charge is -2.14. The van der Waals surface area contributed by atoms with Crippen molar-refractivity contribution in [2.45, 2.75) is 12.8 Å². The van der Waals surface area contributed by atoms with Crippen molar-refractivity contribution in [1.29, 1.82) is 0 Å². The first-order valence-corrected chi connectivity index (χ1v) is 8.83. The van der Waals surface area contributed by atoms with Crippen LogP contribution in [0.2, 0.25) is 5.02 Å². The Balaban J connectivity index is 1.77. The molecule has 0 aliphatic heterocycles. The summed E-state index contributed by atoms with van der Waals surface area (Å²) in [6, 6.07) is 20.3. The van der Waals surface area contributed by atoms with E-state index in [4.69, 9.17) is 11.6 Å². The molecule has 1 N–H and O–H groups in total. The summed E-state index contributed by atoms with van der Waals surface area (Å²) in [7, 11) is 0. The number of carbonyl (C=O) groups is 2. The van der Waals surface area contributed by atoms with Crippen LogP contribution < -0.4 is 5.32 Å². The van der Waals surface area contributed by atoms with Gasteiger partial charge < -0.3 is 5.32 Å². The quantitative estimate of drug-likeness (QED) is 0.680. The minimum Gasteiger partial charge on any atom is -0.321 e. The predicted octanol–water partition coefficient (Wildman–Crippen LogP) is 5.39. The third-order valence-electron chi connectivity index (χ3n) is 4.64. The number of carbonyl (C=O) groups excluding carboxylic acids is 2. The summed E-state index contributed by atoms with van der Waals surface area (Å²) in [5.74, 6) is -0.171. The van der Waals surface area contributed by atoms with Crippen LogP contribution in [0.1, 0.15) is 32.7 Å². The summed E-state index contributed by atoms with van der Waals surface area (Å²) in [5.41, 5.74) is 4.53. The van der Waals surface area contributed by atoms with Crippen LogP contribution in [-0.2, 0) is 6.42 Å². The highest BCUT2D eigenvalue weighted by molar-refractivity contribution is 6.33. The standard InChI is InChI=1S/C22H16ClNO2/c23-18-9-5-4-8-16(18)15-10-12-19(21-17(15)11-13-20(21)25)24-22(26)14-6-2-1-3-7-14/h1-10,12H,11,13H2,(H,24,26). The Hall–Kier alpha value is -2.91. The fourth-order valence-corrected chi connectivity index (χ4v) is 3.65. The van der Waals surface area contributed by atoms with Crippen molar-refractivity contribution in [2.24, 2.45) is 0 Å². The van der Waals surface area contributed by atoms with Crippen LogP contribution in [0.3, 0.4) is 0 Å². The number of nitrogens with one attached hydrogen (secondary N) is 1.